The topological polar surface area (TPSA) is 69.6 Å². The van der Waals surface area contributed by atoms with Crippen LogP contribution >= 0.6 is 12.4 Å². The Morgan fingerprint density at radius 2 is 1.93 bits per heavy atom. The van der Waals surface area contributed by atoms with Crippen molar-refractivity contribution in [1.82, 2.24) is 5.32 Å². The van der Waals surface area contributed by atoms with Crippen molar-refractivity contribution in [3.63, 3.8) is 0 Å². The first kappa shape index (κ1) is 13.7. The summed E-state index contributed by atoms with van der Waals surface area (Å²) in [6.45, 7) is 0. The monoisotopic (exact) mass is 231 g/mol. The first-order valence-electron chi connectivity index (χ1n) is 4.31. The highest BCUT2D eigenvalue weighted by atomic mass is 35.5. The Kier molecular flexibility index (Phi) is 5.74. The molecule has 1 rings (SSSR count). The van der Waals surface area contributed by atoms with Crippen molar-refractivity contribution in [3.8, 4) is 5.75 Å². The minimum Gasteiger partial charge on any atom is -0.508 e. The Balaban J connectivity index is 0.00000196. The quantitative estimate of drug-likeness (QED) is 0.724. The van der Waals surface area contributed by atoms with Gasteiger partial charge >= 0.3 is 5.97 Å². The van der Waals surface area contributed by atoms with Crippen molar-refractivity contribution in [2.75, 3.05) is 7.05 Å². The first-order valence-corrected chi connectivity index (χ1v) is 4.31. The molecule has 1 atom stereocenters. The number of aromatic hydroxyl groups is 1. The lowest BCUT2D eigenvalue weighted by molar-refractivity contribution is -0.139. The van der Waals surface area contributed by atoms with Gasteiger partial charge in [-0.3, -0.25) is 4.79 Å². The molecule has 4 nitrogen and oxygen atoms in total. The predicted molar refractivity (Wildman–Crippen MR) is 59.5 cm³/mol. The lowest BCUT2D eigenvalue weighted by Gasteiger charge is -2.10. The summed E-state index contributed by atoms with van der Waals surface area (Å²) in [4.78, 5) is 10.7. The van der Waals surface area contributed by atoms with Gasteiger partial charge < -0.3 is 15.5 Å². The van der Waals surface area contributed by atoms with E-state index in [0.29, 0.717) is 6.42 Å². The highest BCUT2D eigenvalue weighted by Crippen LogP contribution is 2.11. The number of benzene rings is 1. The van der Waals surface area contributed by atoms with Gasteiger partial charge in [-0.1, -0.05) is 12.1 Å². The molecule has 1 aromatic rings. The van der Waals surface area contributed by atoms with Crippen LogP contribution in [0.4, 0.5) is 0 Å². The maximum Gasteiger partial charge on any atom is 0.321 e. The summed E-state index contributed by atoms with van der Waals surface area (Å²) >= 11 is 0. The molecule has 84 valence electrons. The Morgan fingerprint density at radius 1 is 1.40 bits per heavy atom. The second-order valence-electron chi connectivity index (χ2n) is 3.05. The molecule has 0 bridgehead atoms. The van der Waals surface area contributed by atoms with Gasteiger partial charge in [-0.15, -0.1) is 12.4 Å². The molecule has 15 heavy (non-hydrogen) atoms. The fraction of sp³-hybridized carbons (Fsp3) is 0.300. The smallest absolute Gasteiger partial charge is 0.321 e. The average molecular weight is 232 g/mol. The van der Waals surface area contributed by atoms with Gasteiger partial charge in [0.25, 0.3) is 0 Å². The fourth-order valence-electron chi connectivity index (χ4n) is 1.18. The van der Waals surface area contributed by atoms with Gasteiger partial charge in [0.05, 0.1) is 0 Å². The summed E-state index contributed by atoms with van der Waals surface area (Å²) < 4.78 is 0. The Hall–Kier alpha value is -1.26. The summed E-state index contributed by atoms with van der Waals surface area (Å²) in [6, 6.07) is 5.93. The van der Waals surface area contributed by atoms with Crippen LogP contribution in [0, 0.1) is 0 Å². The first-order chi connectivity index (χ1) is 6.63. The molecule has 0 heterocycles. The van der Waals surface area contributed by atoms with Crippen molar-refractivity contribution in [1.29, 1.82) is 0 Å². The number of carboxylic acid groups (broad SMARTS) is 1. The zero-order chi connectivity index (χ0) is 10.6. The molecule has 0 saturated heterocycles. The summed E-state index contributed by atoms with van der Waals surface area (Å²) in [7, 11) is 1.61. The molecule has 0 amide bonds. The molecule has 1 aromatic carbocycles. The Labute approximate surface area is 94.3 Å². The van der Waals surface area contributed by atoms with Crippen LogP contribution in [-0.2, 0) is 11.2 Å². The van der Waals surface area contributed by atoms with E-state index in [1.807, 2.05) is 0 Å². The van der Waals surface area contributed by atoms with E-state index in [2.05, 4.69) is 5.32 Å². The minimum atomic E-state index is -0.874. The van der Waals surface area contributed by atoms with Crippen molar-refractivity contribution < 1.29 is 15.0 Å². The standard InChI is InChI=1S/C10H13NO3.ClH/c1-11-9(10(13)14)6-7-2-4-8(12)5-3-7;/h2-5,9,11-12H,6H2,1H3,(H,13,14);1H/t9-;/m0./s1. The third-order valence-corrected chi connectivity index (χ3v) is 2.02. The van der Waals surface area contributed by atoms with E-state index in [1.165, 1.54) is 0 Å². The van der Waals surface area contributed by atoms with Crippen LogP contribution < -0.4 is 5.32 Å². The number of phenolic OH excluding ortho intramolecular Hbond substituents is 1. The molecule has 0 saturated carbocycles. The highest BCUT2D eigenvalue weighted by Gasteiger charge is 2.14. The molecular formula is C10H14ClNO3. The van der Waals surface area contributed by atoms with Crippen LogP contribution in [0.25, 0.3) is 0 Å². The highest BCUT2D eigenvalue weighted by molar-refractivity contribution is 5.85. The van der Waals surface area contributed by atoms with E-state index in [4.69, 9.17) is 10.2 Å². The van der Waals surface area contributed by atoms with Gasteiger partial charge in [-0.05, 0) is 31.2 Å². The van der Waals surface area contributed by atoms with Gasteiger partial charge in [0, 0.05) is 0 Å². The molecule has 0 aliphatic carbocycles. The van der Waals surface area contributed by atoms with Crippen LogP contribution in [0.1, 0.15) is 5.56 Å². The zero-order valence-corrected chi connectivity index (χ0v) is 9.12. The van der Waals surface area contributed by atoms with Crippen LogP contribution in [0.15, 0.2) is 24.3 Å². The molecule has 0 radical (unpaired) electrons. The fourth-order valence-corrected chi connectivity index (χ4v) is 1.18. The van der Waals surface area contributed by atoms with E-state index < -0.39 is 12.0 Å². The van der Waals surface area contributed by atoms with Crippen molar-refractivity contribution in [2.24, 2.45) is 0 Å². The largest absolute Gasteiger partial charge is 0.508 e. The third-order valence-electron chi connectivity index (χ3n) is 2.02. The number of rotatable bonds is 4. The lowest BCUT2D eigenvalue weighted by Crippen LogP contribution is -2.35. The van der Waals surface area contributed by atoms with E-state index in [9.17, 15) is 4.79 Å². The SMILES string of the molecule is CN[C@@H](Cc1ccc(O)cc1)C(=O)O.Cl. The predicted octanol–water partition coefficient (Wildman–Crippen LogP) is 1.03. The number of nitrogens with one attached hydrogen (secondary N) is 1. The second kappa shape index (κ2) is 6.27. The number of hydrogen-bond donors (Lipinski definition) is 3. The number of aliphatic carboxylic acids is 1. The molecular weight excluding hydrogens is 218 g/mol. The summed E-state index contributed by atoms with van der Waals surface area (Å²) in [5, 5.41) is 20.5. The number of likely N-dealkylation sites (N-methyl/N-ethyl adjacent to an activating group) is 1. The number of halogens is 1. The molecule has 5 heteroatoms. The normalized spacial score (nSPS) is 11.5. The molecule has 3 N–H and O–H groups in total. The number of carbonyl (C=O) groups is 1. The van der Waals surface area contributed by atoms with Gasteiger partial charge in [-0.25, -0.2) is 0 Å². The van der Waals surface area contributed by atoms with E-state index in [0.717, 1.165) is 5.56 Å². The molecule has 0 fully saturated rings. The van der Waals surface area contributed by atoms with E-state index >= 15 is 0 Å². The molecule has 0 spiro atoms. The maximum absolute atomic E-state index is 10.7. The van der Waals surface area contributed by atoms with Gasteiger partial charge in [0.15, 0.2) is 0 Å². The zero-order valence-electron chi connectivity index (χ0n) is 8.30. The lowest BCUT2D eigenvalue weighted by atomic mass is 10.1. The second-order valence-corrected chi connectivity index (χ2v) is 3.05. The van der Waals surface area contributed by atoms with Gasteiger partial charge in [0.2, 0.25) is 0 Å². The average Bonchev–Trinajstić information content (AvgIpc) is 2.16. The summed E-state index contributed by atoms with van der Waals surface area (Å²) in [5.74, 6) is -0.689. The molecule has 0 aliphatic rings. The summed E-state index contributed by atoms with van der Waals surface area (Å²) in [6.07, 6.45) is 0.409. The van der Waals surface area contributed by atoms with E-state index in [-0.39, 0.29) is 18.2 Å². The maximum atomic E-state index is 10.7. The number of carboxylic acids is 1. The molecule has 0 aromatic heterocycles. The summed E-state index contributed by atoms with van der Waals surface area (Å²) in [5.41, 5.74) is 0.879. The Bertz CT molecular complexity index is 313. The van der Waals surface area contributed by atoms with E-state index in [1.54, 1.807) is 31.3 Å². The van der Waals surface area contributed by atoms with Crippen molar-refractivity contribution in [2.45, 2.75) is 12.5 Å². The number of hydrogen-bond acceptors (Lipinski definition) is 3. The van der Waals surface area contributed by atoms with Crippen LogP contribution in [0.2, 0.25) is 0 Å². The number of phenols is 1. The van der Waals surface area contributed by atoms with Crippen LogP contribution in [0.5, 0.6) is 5.75 Å². The van der Waals surface area contributed by atoms with Crippen molar-refractivity contribution in [3.05, 3.63) is 29.8 Å². The minimum absolute atomic E-state index is 0. The third kappa shape index (κ3) is 4.18. The Morgan fingerprint density at radius 3 is 2.33 bits per heavy atom. The van der Waals surface area contributed by atoms with Gasteiger partial charge in [-0.2, -0.15) is 0 Å². The molecule has 0 aliphatic heterocycles. The van der Waals surface area contributed by atoms with Gasteiger partial charge in [0.1, 0.15) is 11.8 Å². The molecule has 0 unspecified atom stereocenters. The van der Waals surface area contributed by atoms with Crippen molar-refractivity contribution >= 4 is 18.4 Å². The van der Waals surface area contributed by atoms with Crippen LogP contribution in [0.3, 0.4) is 0 Å². The van der Waals surface area contributed by atoms with Crippen LogP contribution in [-0.4, -0.2) is 29.3 Å².